The van der Waals surface area contributed by atoms with Gasteiger partial charge in [0.1, 0.15) is 11.9 Å². The molecular formula is C21H18F7NO3. The highest BCUT2D eigenvalue weighted by Gasteiger charge is 2.40. The number of halogens is 7. The van der Waals surface area contributed by atoms with Gasteiger partial charge in [-0.25, -0.2) is 4.39 Å². The first-order chi connectivity index (χ1) is 14.8. The maximum atomic E-state index is 13.3. The molecule has 0 radical (unpaired) electrons. The summed E-state index contributed by atoms with van der Waals surface area (Å²) in [4.78, 5) is 11.7. The molecule has 0 aliphatic carbocycles. The Labute approximate surface area is 178 Å². The van der Waals surface area contributed by atoms with Gasteiger partial charge in [-0.1, -0.05) is 12.1 Å². The Hall–Kier alpha value is -2.66. The van der Waals surface area contributed by atoms with Crippen LogP contribution in [-0.4, -0.2) is 23.2 Å². The summed E-state index contributed by atoms with van der Waals surface area (Å²) >= 11 is 0. The van der Waals surface area contributed by atoms with Crippen LogP contribution in [0.15, 0.2) is 42.5 Å². The van der Waals surface area contributed by atoms with Gasteiger partial charge in [0.15, 0.2) is 0 Å². The fraction of sp³-hybridized carbons (Fsp3) is 0.381. The van der Waals surface area contributed by atoms with Crippen LogP contribution in [0.25, 0.3) is 0 Å². The molecule has 1 amide bonds. The Bertz CT molecular complexity index is 941. The number of hydrogen-bond acceptors (Lipinski definition) is 3. The molecule has 0 bridgehead atoms. The zero-order valence-electron chi connectivity index (χ0n) is 16.5. The van der Waals surface area contributed by atoms with E-state index in [2.05, 4.69) is 5.32 Å². The van der Waals surface area contributed by atoms with E-state index < -0.39 is 65.1 Å². The number of carbonyl (C=O) groups is 1. The third-order valence-corrected chi connectivity index (χ3v) is 5.09. The fourth-order valence-corrected chi connectivity index (χ4v) is 3.47. The number of nitrogens with one attached hydrogen (secondary N) is 1. The van der Waals surface area contributed by atoms with E-state index in [1.54, 1.807) is 0 Å². The zero-order valence-corrected chi connectivity index (χ0v) is 16.5. The Morgan fingerprint density at radius 3 is 1.94 bits per heavy atom. The van der Waals surface area contributed by atoms with Gasteiger partial charge in [-0.3, -0.25) is 4.79 Å². The van der Waals surface area contributed by atoms with Crippen molar-refractivity contribution in [3.05, 3.63) is 70.5 Å². The van der Waals surface area contributed by atoms with Gasteiger partial charge in [0.2, 0.25) is 5.91 Å². The first-order valence-electron chi connectivity index (χ1n) is 9.43. The van der Waals surface area contributed by atoms with Gasteiger partial charge >= 0.3 is 12.4 Å². The number of hydrogen-bond donors (Lipinski definition) is 2. The second kappa shape index (κ2) is 8.70. The Morgan fingerprint density at radius 2 is 1.50 bits per heavy atom. The minimum atomic E-state index is -5.03. The number of carbonyl (C=O) groups excluding carboxylic acids is 1. The van der Waals surface area contributed by atoms with Crippen LogP contribution in [0.4, 0.5) is 30.7 Å². The minimum absolute atomic E-state index is 0.00855. The fourth-order valence-electron chi connectivity index (χ4n) is 3.47. The van der Waals surface area contributed by atoms with Crippen LogP contribution in [0.1, 0.15) is 47.8 Å². The van der Waals surface area contributed by atoms with Gasteiger partial charge < -0.3 is 15.2 Å². The molecule has 4 nitrogen and oxygen atoms in total. The van der Waals surface area contributed by atoms with Gasteiger partial charge in [-0.05, 0) is 48.4 Å². The predicted molar refractivity (Wildman–Crippen MR) is 97.6 cm³/mol. The summed E-state index contributed by atoms with van der Waals surface area (Å²) in [5.74, 6) is -1.10. The molecule has 2 N–H and O–H groups in total. The molecule has 2 aromatic rings. The molecular weight excluding hydrogens is 447 g/mol. The van der Waals surface area contributed by atoms with Crippen molar-refractivity contribution in [2.24, 2.45) is 0 Å². The average Bonchev–Trinajstić information content (AvgIpc) is 3.02. The molecule has 11 heteroatoms. The molecule has 32 heavy (non-hydrogen) atoms. The average molecular weight is 465 g/mol. The lowest BCUT2D eigenvalue weighted by molar-refractivity contribution is -0.143. The highest BCUT2D eigenvalue weighted by molar-refractivity contribution is 5.79. The van der Waals surface area contributed by atoms with Crippen LogP contribution in [-0.2, 0) is 21.9 Å². The minimum Gasteiger partial charge on any atom is -0.390 e. The molecule has 3 rings (SSSR count). The molecule has 1 aliphatic heterocycles. The molecule has 2 aromatic carbocycles. The normalized spacial score (nSPS) is 21.3. The quantitative estimate of drug-likeness (QED) is 0.616. The molecule has 1 fully saturated rings. The van der Waals surface area contributed by atoms with Crippen LogP contribution in [0.2, 0.25) is 0 Å². The van der Waals surface area contributed by atoms with E-state index in [-0.39, 0.29) is 18.1 Å². The summed E-state index contributed by atoms with van der Waals surface area (Å²) in [6.45, 7) is 1.25. The number of alkyl halides is 6. The number of amides is 1. The molecule has 1 heterocycles. The SMILES string of the molecule is C[C@@H](O[C@@H](c1ccc(F)cc1)[C@@H]1NC(=O)C[C@H]1O)c1cc(C(F)(F)F)cc(C(F)(F)F)c1. The lowest BCUT2D eigenvalue weighted by atomic mass is 9.97. The predicted octanol–water partition coefficient (Wildman–Crippen LogP) is 4.93. The van der Waals surface area contributed by atoms with Gasteiger partial charge in [-0.2, -0.15) is 26.3 Å². The van der Waals surface area contributed by atoms with E-state index in [1.807, 2.05) is 0 Å². The van der Waals surface area contributed by atoms with Crippen molar-refractivity contribution >= 4 is 5.91 Å². The van der Waals surface area contributed by atoms with Crippen molar-refractivity contribution in [2.45, 2.75) is 50.1 Å². The lowest BCUT2D eigenvalue weighted by Crippen LogP contribution is -2.39. The Morgan fingerprint density at radius 1 is 0.969 bits per heavy atom. The third-order valence-electron chi connectivity index (χ3n) is 5.09. The standard InChI is InChI=1S/C21H18F7NO3/c1-10(12-6-13(20(23,24)25)8-14(7-12)21(26,27)28)32-19(11-2-4-15(22)5-3-11)18-16(30)9-17(31)29-18/h2-8,10,16,18-19,30H,9H2,1H3,(H,29,31)/t10-,16-,18-,19+/m1/s1. The second-order valence-corrected chi connectivity index (χ2v) is 7.45. The summed E-state index contributed by atoms with van der Waals surface area (Å²) in [5.41, 5.74) is -3.12. The smallest absolute Gasteiger partial charge is 0.390 e. The first-order valence-corrected chi connectivity index (χ1v) is 9.43. The second-order valence-electron chi connectivity index (χ2n) is 7.45. The molecule has 1 aliphatic rings. The van der Waals surface area contributed by atoms with E-state index in [0.717, 1.165) is 12.1 Å². The van der Waals surface area contributed by atoms with Crippen molar-refractivity contribution in [3.63, 3.8) is 0 Å². The lowest BCUT2D eigenvalue weighted by Gasteiger charge is -2.30. The monoisotopic (exact) mass is 465 g/mol. The van der Waals surface area contributed by atoms with Crippen molar-refractivity contribution < 1.29 is 45.4 Å². The van der Waals surface area contributed by atoms with Gasteiger partial charge in [0.05, 0.1) is 35.8 Å². The van der Waals surface area contributed by atoms with Gasteiger partial charge in [0, 0.05) is 0 Å². The van der Waals surface area contributed by atoms with Crippen molar-refractivity contribution in [3.8, 4) is 0 Å². The van der Waals surface area contributed by atoms with Gasteiger partial charge in [0.25, 0.3) is 0 Å². The molecule has 0 unspecified atom stereocenters. The maximum Gasteiger partial charge on any atom is 0.416 e. The number of ether oxygens (including phenoxy) is 1. The topological polar surface area (TPSA) is 58.6 Å². The number of aliphatic hydroxyl groups excluding tert-OH is 1. The maximum absolute atomic E-state index is 13.3. The molecule has 0 spiro atoms. The van der Waals surface area contributed by atoms with E-state index >= 15 is 0 Å². The van der Waals surface area contributed by atoms with Crippen molar-refractivity contribution in [2.75, 3.05) is 0 Å². The Balaban J connectivity index is 1.99. The third kappa shape index (κ3) is 5.39. The Kier molecular flexibility index (Phi) is 6.52. The first kappa shape index (κ1) is 24.0. The highest BCUT2D eigenvalue weighted by atomic mass is 19.4. The summed E-state index contributed by atoms with van der Waals surface area (Å²) in [6, 6.07) is 4.79. The van der Waals surface area contributed by atoms with E-state index in [9.17, 15) is 40.6 Å². The van der Waals surface area contributed by atoms with Crippen LogP contribution in [0.5, 0.6) is 0 Å². The van der Waals surface area contributed by atoms with Crippen molar-refractivity contribution in [1.82, 2.24) is 5.32 Å². The summed E-state index contributed by atoms with van der Waals surface area (Å²) in [5, 5.41) is 12.7. The number of rotatable bonds is 5. The number of aliphatic hydroxyl groups is 1. The largest absolute Gasteiger partial charge is 0.416 e. The van der Waals surface area contributed by atoms with Crippen LogP contribution in [0.3, 0.4) is 0 Å². The molecule has 4 atom stereocenters. The summed E-state index contributed by atoms with van der Waals surface area (Å²) in [6.07, 6.45) is -14.0. The van der Waals surface area contributed by atoms with Crippen LogP contribution < -0.4 is 5.32 Å². The summed E-state index contributed by atoms with van der Waals surface area (Å²) in [7, 11) is 0. The van der Waals surface area contributed by atoms with E-state index in [0.29, 0.717) is 12.1 Å². The molecule has 174 valence electrons. The molecule has 0 saturated carbocycles. The number of benzene rings is 2. The highest BCUT2D eigenvalue weighted by Crippen LogP contribution is 2.39. The summed E-state index contributed by atoms with van der Waals surface area (Å²) < 4.78 is 98.2. The van der Waals surface area contributed by atoms with Crippen LogP contribution in [0, 0.1) is 5.82 Å². The van der Waals surface area contributed by atoms with Gasteiger partial charge in [-0.15, -0.1) is 0 Å². The van der Waals surface area contributed by atoms with E-state index in [4.69, 9.17) is 4.74 Å². The van der Waals surface area contributed by atoms with Crippen molar-refractivity contribution in [1.29, 1.82) is 0 Å². The van der Waals surface area contributed by atoms with E-state index in [1.165, 1.54) is 19.1 Å². The molecule has 1 saturated heterocycles. The zero-order chi connectivity index (χ0) is 23.8. The van der Waals surface area contributed by atoms with Crippen LogP contribution >= 0.6 is 0 Å². The molecule has 0 aromatic heterocycles.